The van der Waals surface area contributed by atoms with Gasteiger partial charge in [0.2, 0.25) is 0 Å². The molecule has 0 unspecified atom stereocenters. The van der Waals surface area contributed by atoms with Gasteiger partial charge in [0.15, 0.2) is 0 Å². The molecule has 1 aromatic carbocycles. The lowest BCUT2D eigenvalue weighted by molar-refractivity contribution is -0.192. The number of nitrogens with one attached hydrogen (secondary N) is 1. The molecule has 1 aromatic rings. The van der Waals surface area contributed by atoms with E-state index in [0.717, 1.165) is 11.4 Å². The molecule has 0 heterocycles. The maximum absolute atomic E-state index is 13.4. The van der Waals surface area contributed by atoms with Gasteiger partial charge in [-0.2, -0.15) is 13.2 Å². The molecule has 1 N–H and O–H groups in total. The maximum atomic E-state index is 13.4. The van der Waals surface area contributed by atoms with Crippen LogP contribution < -0.4 is 5.32 Å². The highest BCUT2D eigenvalue weighted by Crippen LogP contribution is 2.35. The minimum atomic E-state index is -5.46. The SMILES string of the molecule is CCOC(=O)[C@@](Cl)(NC(=O)c1c(F)cccc1F)C(F)(F)F. The third kappa shape index (κ3) is 3.46. The number of alkyl halides is 4. The van der Waals surface area contributed by atoms with Crippen molar-refractivity contribution in [3.63, 3.8) is 0 Å². The number of benzene rings is 1. The van der Waals surface area contributed by atoms with Crippen molar-refractivity contribution >= 4 is 23.5 Å². The average Bonchev–Trinajstić information content (AvgIpc) is 2.37. The number of carbonyl (C=O) groups is 2. The third-order valence-corrected chi connectivity index (χ3v) is 2.89. The topological polar surface area (TPSA) is 55.4 Å². The van der Waals surface area contributed by atoms with E-state index in [0.29, 0.717) is 12.1 Å². The maximum Gasteiger partial charge on any atom is 0.437 e. The van der Waals surface area contributed by atoms with Crippen molar-refractivity contribution in [2.24, 2.45) is 0 Å². The van der Waals surface area contributed by atoms with E-state index >= 15 is 0 Å². The number of esters is 1. The Kier molecular flexibility index (Phi) is 5.34. The standard InChI is InChI=1S/C12H9ClF5NO3/c1-2-22-10(21)11(13,12(16,17)18)19-9(20)8-6(14)4-3-5-7(8)15/h3-5H,2H2,1H3,(H,19,20)/t11-/m1/s1. The zero-order valence-corrected chi connectivity index (χ0v) is 11.7. The van der Waals surface area contributed by atoms with Gasteiger partial charge in [-0.05, 0) is 19.1 Å². The molecule has 0 saturated carbocycles. The second-order valence-corrected chi connectivity index (χ2v) is 4.49. The van der Waals surface area contributed by atoms with Crippen LogP contribution in [0, 0.1) is 11.6 Å². The summed E-state index contributed by atoms with van der Waals surface area (Å²) in [5.74, 6) is -6.70. The predicted molar refractivity (Wildman–Crippen MR) is 65.1 cm³/mol. The van der Waals surface area contributed by atoms with Crippen LogP contribution in [0.3, 0.4) is 0 Å². The number of hydrogen-bond donors (Lipinski definition) is 1. The van der Waals surface area contributed by atoms with E-state index in [1.165, 1.54) is 6.92 Å². The van der Waals surface area contributed by atoms with Gasteiger partial charge in [-0.15, -0.1) is 0 Å². The number of halogens is 6. The molecule has 4 nitrogen and oxygen atoms in total. The minimum Gasteiger partial charge on any atom is -0.463 e. The zero-order valence-electron chi connectivity index (χ0n) is 10.9. The summed E-state index contributed by atoms with van der Waals surface area (Å²) in [6.45, 7) is 0.761. The molecule has 0 bridgehead atoms. The van der Waals surface area contributed by atoms with Crippen LogP contribution in [0.4, 0.5) is 22.0 Å². The van der Waals surface area contributed by atoms with Gasteiger partial charge >= 0.3 is 17.1 Å². The molecule has 22 heavy (non-hydrogen) atoms. The van der Waals surface area contributed by atoms with Gasteiger partial charge in [0.05, 0.1) is 6.61 Å². The summed E-state index contributed by atoms with van der Waals surface area (Å²) in [6.07, 6.45) is -5.46. The highest BCUT2D eigenvalue weighted by atomic mass is 35.5. The van der Waals surface area contributed by atoms with Crippen LogP contribution in [-0.2, 0) is 9.53 Å². The molecule has 1 rings (SSSR count). The van der Waals surface area contributed by atoms with Gasteiger partial charge in [-0.1, -0.05) is 17.7 Å². The molecule has 122 valence electrons. The second-order valence-electron chi connectivity index (χ2n) is 3.93. The minimum absolute atomic E-state index is 0.451. The summed E-state index contributed by atoms with van der Waals surface area (Å²) in [4.78, 5) is 19.1. The number of ether oxygens (including phenoxy) is 1. The van der Waals surface area contributed by atoms with Crippen LogP contribution in [0.1, 0.15) is 17.3 Å². The summed E-state index contributed by atoms with van der Waals surface area (Å²) < 4.78 is 69.7. The normalized spacial score (nSPS) is 14.1. The van der Waals surface area contributed by atoms with Crippen LogP contribution in [0.5, 0.6) is 0 Å². The van der Waals surface area contributed by atoms with E-state index in [4.69, 9.17) is 11.6 Å². The van der Waals surface area contributed by atoms with Crippen molar-refractivity contribution in [3.05, 3.63) is 35.4 Å². The van der Waals surface area contributed by atoms with Crippen LogP contribution in [0.25, 0.3) is 0 Å². The van der Waals surface area contributed by atoms with Crippen LogP contribution >= 0.6 is 11.6 Å². The van der Waals surface area contributed by atoms with E-state index in [1.54, 1.807) is 0 Å². The Labute approximate surface area is 126 Å². The Balaban J connectivity index is 3.21. The molecular weight excluding hydrogens is 337 g/mol. The molecule has 0 fully saturated rings. The highest BCUT2D eigenvalue weighted by Gasteiger charge is 2.62. The summed E-state index contributed by atoms with van der Waals surface area (Å²) >= 11 is 5.12. The largest absolute Gasteiger partial charge is 0.463 e. The number of rotatable bonds is 4. The first-order valence-electron chi connectivity index (χ1n) is 5.74. The second kappa shape index (κ2) is 6.47. The van der Waals surface area contributed by atoms with Gasteiger partial charge in [0.1, 0.15) is 17.2 Å². The van der Waals surface area contributed by atoms with E-state index in [2.05, 4.69) is 4.74 Å². The lowest BCUT2D eigenvalue weighted by Gasteiger charge is -2.28. The predicted octanol–water partition coefficient (Wildman–Crippen LogP) is 2.76. The van der Waals surface area contributed by atoms with Gasteiger partial charge in [0, 0.05) is 0 Å². The average molecular weight is 346 g/mol. The molecule has 0 saturated heterocycles. The van der Waals surface area contributed by atoms with Crippen LogP contribution in [-0.4, -0.2) is 29.7 Å². The molecule has 0 aliphatic rings. The Morgan fingerprint density at radius 2 is 1.73 bits per heavy atom. The molecule has 10 heteroatoms. The number of amides is 1. The van der Waals surface area contributed by atoms with Crippen LogP contribution in [0.2, 0.25) is 0 Å². The van der Waals surface area contributed by atoms with Crippen molar-refractivity contribution in [2.75, 3.05) is 6.61 Å². The number of carbonyl (C=O) groups excluding carboxylic acids is 2. The molecule has 0 spiro atoms. The number of hydrogen-bond acceptors (Lipinski definition) is 3. The van der Waals surface area contributed by atoms with Gasteiger partial charge in [-0.3, -0.25) is 4.79 Å². The fourth-order valence-corrected chi connectivity index (χ4v) is 1.54. The fraction of sp³-hybridized carbons (Fsp3) is 0.333. The zero-order chi connectivity index (χ0) is 17.1. The van der Waals surface area contributed by atoms with Crippen molar-refractivity contribution in [3.8, 4) is 0 Å². The smallest absolute Gasteiger partial charge is 0.437 e. The van der Waals surface area contributed by atoms with Gasteiger partial charge < -0.3 is 10.1 Å². The Hall–Kier alpha value is -1.90. The molecule has 1 amide bonds. The van der Waals surface area contributed by atoms with E-state index in [9.17, 15) is 31.5 Å². The molecule has 0 aliphatic heterocycles. The first-order chi connectivity index (χ1) is 10.0. The highest BCUT2D eigenvalue weighted by molar-refractivity contribution is 6.35. The van der Waals surface area contributed by atoms with Crippen molar-refractivity contribution in [1.29, 1.82) is 0 Å². The quantitative estimate of drug-likeness (QED) is 0.395. The van der Waals surface area contributed by atoms with Crippen molar-refractivity contribution < 1.29 is 36.3 Å². The van der Waals surface area contributed by atoms with Crippen LogP contribution in [0.15, 0.2) is 18.2 Å². The first kappa shape index (κ1) is 18.1. The molecule has 1 atom stereocenters. The first-order valence-corrected chi connectivity index (χ1v) is 6.11. The van der Waals surface area contributed by atoms with Crippen molar-refractivity contribution in [1.82, 2.24) is 5.32 Å². The van der Waals surface area contributed by atoms with E-state index in [1.807, 2.05) is 0 Å². The van der Waals surface area contributed by atoms with Crippen molar-refractivity contribution in [2.45, 2.75) is 18.1 Å². The molecular formula is C12H9ClF5NO3. The van der Waals surface area contributed by atoms with Gasteiger partial charge in [0.25, 0.3) is 5.91 Å². The lowest BCUT2D eigenvalue weighted by atomic mass is 10.1. The summed E-state index contributed by atoms with van der Waals surface area (Å²) in [5, 5.41) is 1.06. The Bertz CT molecular complexity index is 572. The Morgan fingerprint density at radius 3 is 2.14 bits per heavy atom. The summed E-state index contributed by atoms with van der Waals surface area (Å²) in [5.41, 5.74) is -1.30. The lowest BCUT2D eigenvalue weighted by Crippen LogP contribution is -2.60. The van der Waals surface area contributed by atoms with Gasteiger partial charge in [-0.25, -0.2) is 13.6 Å². The Morgan fingerprint density at radius 1 is 1.23 bits per heavy atom. The monoisotopic (exact) mass is 345 g/mol. The summed E-state index contributed by atoms with van der Waals surface area (Å²) in [7, 11) is 0. The molecule has 0 aromatic heterocycles. The molecule has 0 radical (unpaired) electrons. The fourth-order valence-electron chi connectivity index (χ4n) is 1.40. The van der Waals surface area contributed by atoms with E-state index in [-0.39, 0.29) is 0 Å². The van der Waals surface area contributed by atoms with E-state index < -0.39 is 46.9 Å². The molecule has 0 aliphatic carbocycles. The summed E-state index contributed by atoms with van der Waals surface area (Å²) in [6, 6.07) is 2.22. The third-order valence-electron chi connectivity index (χ3n) is 2.42.